The lowest BCUT2D eigenvalue weighted by atomic mass is 10.3. The summed E-state index contributed by atoms with van der Waals surface area (Å²) in [5, 5.41) is 8.86. The topological polar surface area (TPSA) is 66.9 Å². The summed E-state index contributed by atoms with van der Waals surface area (Å²) in [6.07, 6.45) is 4.29. The summed E-state index contributed by atoms with van der Waals surface area (Å²) in [5.74, 6) is -0.182. The van der Waals surface area contributed by atoms with Crippen LogP contribution in [0.1, 0.15) is 15.5 Å². The van der Waals surface area contributed by atoms with Crippen molar-refractivity contribution in [3.05, 3.63) is 40.6 Å². The third kappa shape index (κ3) is 3.27. The Morgan fingerprint density at radius 1 is 1.39 bits per heavy atom. The molecule has 5 nitrogen and oxygen atoms in total. The molecular formula is C12H14N4OS. The Morgan fingerprint density at radius 2 is 2.28 bits per heavy atom. The summed E-state index contributed by atoms with van der Waals surface area (Å²) in [4.78, 5) is 19.6. The minimum atomic E-state index is -0.182. The van der Waals surface area contributed by atoms with Gasteiger partial charge in [0.15, 0.2) is 0 Å². The first-order chi connectivity index (χ1) is 8.79. The van der Waals surface area contributed by atoms with Crippen LogP contribution < -0.4 is 10.6 Å². The number of carbonyl (C=O) groups excluding carboxylic acids is 1. The number of anilines is 1. The van der Waals surface area contributed by atoms with Crippen molar-refractivity contribution in [2.45, 2.75) is 6.42 Å². The molecular weight excluding hydrogens is 248 g/mol. The molecule has 2 aromatic rings. The van der Waals surface area contributed by atoms with E-state index < -0.39 is 0 Å². The minimum Gasteiger partial charge on any atom is -0.385 e. The Kier molecular flexibility index (Phi) is 4.25. The molecule has 2 aromatic heterocycles. The highest BCUT2D eigenvalue weighted by Gasteiger charge is 2.05. The number of nitrogens with one attached hydrogen (secondary N) is 2. The summed E-state index contributed by atoms with van der Waals surface area (Å²) in [7, 11) is 1.59. The van der Waals surface area contributed by atoms with Gasteiger partial charge in [-0.3, -0.25) is 9.78 Å². The maximum atomic E-state index is 11.4. The van der Waals surface area contributed by atoms with Crippen LogP contribution in [0.2, 0.25) is 0 Å². The SMILES string of the molecule is CNC(=O)c1cc(NCCc2nccs2)ccn1. The van der Waals surface area contributed by atoms with Crippen molar-refractivity contribution < 1.29 is 4.79 Å². The van der Waals surface area contributed by atoms with Crippen LogP contribution in [0.4, 0.5) is 5.69 Å². The molecule has 0 spiro atoms. The second-order valence-electron chi connectivity index (χ2n) is 3.61. The monoisotopic (exact) mass is 262 g/mol. The molecule has 0 radical (unpaired) electrons. The zero-order valence-corrected chi connectivity index (χ0v) is 10.8. The van der Waals surface area contributed by atoms with E-state index in [1.54, 1.807) is 36.8 Å². The molecule has 0 aliphatic carbocycles. The molecule has 0 atom stereocenters. The van der Waals surface area contributed by atoms with Gasteiger partial charge in [-0.25, -0.2) is 4.98 Å². The van der Waals surface area contributed by atoms with Crippen molar-refractivity contribution in [1.82, 2.24) is 15.3 Å². The van der Waals surface area contributed by atoms with E-state index in [0.717, 1.165) is 23.7 Å². The van der Waals surface area contributed by atoms with Gasteiger partial charge in [0.1, 0.15) is 5.69 Å². The Hall–Kier alpha value is -1.95. The van der Waals surface area contributed by atoms with E-state index >= 15 is 0 Å². The van der Waals surface area contributed by atoms with E-state index in [-0.39, 0.29) is 5.91 Å². The molecule has 1 amide bonds. The molecule has 0 bridgehead atoms. The average molecular weight is 262 g/mol. The van der Waals surface area contributed by atoms with Crippen LogP contribution >= 0.6 is 11.3 Å². The predicted molar refractivity (Wildman–Crippen MR) is 71.9 cm³/mol. The van der Waals surface area contributed by atoms with E-state index in [2.05, 4.69) is 20.6 Å². The molecule has 0 unspecified atom stereocenters. The summed E-state index contributed by atoms with van der Waals surface area (Å²) in [6, 6.07) is 3.58. The molecule has 2 heterocycles. The van der Waals surface area contributed by atoms with Gasteiger partial charge in [0.2, 0.25) is 0 Å². The van der Waals surface area contributed by atoms with Gasteiger partial charge < -0.3 is 10.6 Å². The van der Waals surface area contributed by atoms with E-state index in [0.29, 0.717) is 5.69 Å². The standard InChI is InChI=1S/C12H14N4OS/c1-13-12(17)10-8-9(2-4-15-10)14-5-3-11-16-6-7-18-11/h2,4,6-8H,3,5H2,1H3,(H,13,17)(H,14,15). The van der Waals surface area contributed by atoms with E-state index in [1.165, 1.54) is 0 Å². The number of carbonyl (C=O) groups is 1. The maximum Gasteiger partial charge on any atom is 0.269 e. The Bertz CT molecular complexity index is 513. The molecule has 6 heteroatoms. The van der Waals surface area contributed by atoms with Crippen molar-refractivity contribution >= 4 is 22.9 Å². The molecule has 0 fully saturated rings. The van der Waals surface area contributed by atoms with Gasteiger partial charge in [-0.2, -0.15) is 0 Å². The van der Waals surface area contributed by atoms with E-state index in [9.17, 15) is 4.79 Å². The number of hydrogen-bond acceptors (Lipinski definition) is 5. The van der Waals surface area contributed by atoms with Gasteiger partial charge in [-0.15, -0.1) is 11.3 Å². The van der Waals surface area contributed by atoms with Crippen LogP contribution in [0.5, 0.6) is 0 Å². The first-order valence-electron chi connectivity index (χ1n) is 5.60. The Labute approximate surface area is 109 Å². The number of hydrogen-bond donors (Lipinski definition) is 2. The van der Waals surface area contributed by atoms with Gasteiger partial charge in [0, 0.05) is 43.5 Å². The predicted octanol–water partition coefficient (Wildman–Crippen LogP) is 1.55. The quantitative estimate of drug-likeness (QED) is 0.858. The van der Waals surface area contributed by atoms with Crippen LogP contribution in [0, 0.1) is 0 Å². The second kappa shape index (κ2) is 6.11. The van der Waals surface area contributed by atoms with E-state index in [4.69, 9.17) is 0 Å². The smallest absolute Gasteiger partial charge is 0.269 e. The van der Waals surface area contributed by atoms with Gasteiger partial charge in [-0.05, 0) is 12.1 Å². The lowest BCUT2D eigenvalue weighted by Crippen LogP contribution is -2.19. The molecule has 94 valence electrons. The molecule has 0 aromatic carbocycles. The van der Waals surface area contributed by atoms with E-state index in [1.807, 2.05) is 11.4 Å². The van der Waals surface area contributed by atoms with Gasteiger partial charge in [-0.1, -0.05) is 0 Å². The maximum absolute atomic E-state index is 11.4. The molecule has 18 heavy (non-hydrogen) atoms. The largest absolute Gasteiger partial charge is 0.385 e. The Balaban J connectivity index is 1.91. The summed E-state index contributed by atoms with van der Waals surface area (Å²) in [6.45, 7) is 0.782. The summed E-state index contributed by atoms with van der Waals surface area (Å²) in [5.41, 5.74) is 1.30. The third-order valence-corrected chi connectivity index (χ3v) is 3.21. The molecule has 0 aliphatic heterocycles. The highest BCUT2D eigenvalue weighted by atomic mass is 32.1. The lowest BCUT2D eigenvalue weighted by molar-refractivity contribution is 0.0958. The summed E-state index contributed by atoms with van der Waals surface area (Å²) < 4.78 is 0. The van der Waals surface area contributed by atoms with Crippen LogP contribution in [0.3, 0.4) is 0 Å². The molecule has 0 saturated heterocycles. The van der Waals surface area contributed by atoms with Crippen molar-refractivity contribution in [3.8, 4) is 0 Å². The van der Waals surface area contributed by atoms with Crippen LogP contribution in [-0.4, -0.2) is 29.5 Å². The van der Waals surface area contributed by atoms with Crippen molar-refractivity contribution in [3.63, 3.8) is 0 Å². The number of pyridine rings is 1. The van der Waals surface area contributed by atoms with Crippen LogP contribution in [0.15, 0.2) is 29.9 Å². The first-order valence-corrected chi connectivity index (χ1v) is 6.48. The van der Waals surface area contributed by atoms with Crippen LogP contribution in [0.25, 0.3) is 0 Å². The number of rotatable bonds is 5. The number of aromatic nitrogens is 2. The van der Waals surface area contributed by atoms with Crippen molar-refractivity contribution in [2.24, 2.45) is 0 Å². The average Bonchev–Trinajstić information content (AvgIpc) is 2.91. The number of amides is 1. The number of thiazole rings is 1. The van der Waals surface area contributed by atoms with Gasteiger partial charge in [0.25, 0.3) is 5.91 Å². The first kappa shape index (κ1) is 12.5. The fourth-order valence-electron chi connectivity index (χ4n) is 1.48. The molecule has 2 N–H and O–H groups in total. The zero-order chi connectivity index (χ0) is 12.8. The zero-order valence-electron chi connectivity index (χ0n) is 10.0. The fourth-order valence-corrected chi connectivity index (χ4v) is 2.10. The van der Waals surface area contributed by atoms with Crippen LogP contribution in [-0.2, 0) is 6.42 Å². The highest BCUT2D eigenvalue weighted by Crippen LogP contribution is 2.09. The summed E-state index contributed by atoms with van der Waals surface area (Å²) >= 11 is 1.64. The van der Waals surface area contributed by atoms with Crippen molar-refractivity contribution in [1.29, 1.82) is 0 Å². The second-order valence-corrected chi connectivity index (χ2v) is 4.59. The van der Waals surface area contributed by atoms with Gasteiger partial charge in [0.05, 0.1) is 5.01 Å². The fraction of sp³-hybridized carbons (Fsp3) is 0.250. The highest BCUT2D eigenvalue weighted by molar-refractivity contribution is 7.09. The molecule has 2 rings (SSSR count). The third-order valence-electron chi connectivity index (χ3n) is 2.37. The normalized spacial score (nSPS) is 10.1. The number of nitrogens with zero attached hydrogens (tertiary/aromatic N) is 2. The molecule has 0 aliphatic rings. The Morgan fingerprint density at radius 3 is 3.00 bits per heavy atom. The lowest BCUT2D eigenvalue weighted by Gasteiger charge is -2.06. The minimum absolute atomic E-state index is 0.182. The van der Waals surface area contributed by atoms with Gasteiger partial charge >= 0.3 is 0 Å². The van der Waals surface area contributed by atoms with Crippen molar-refractivity contribution in [2.75, 3.05) is 18.9 Å². The molecule has 0 saturated carbocycles.